The van der Waals surface area contributed by atoms with E-state index in [1.807, 2.05) is 0 Å². The number of benzene rings is 1. The van der Waals surface area contributed by atoms with Crippen molar-refractivity contribution in [2.24, 2.45) is 11.1 Å². The molecule has 0 heterocycles. The molecule has 0 unspecified atom stereocenters. The number of rotatable bonds is 7. The van der Waals surface area contributed by atoms with Gasteiger partial charge in [0.05, 0.1) is 6.61 Å². The molecule has 3 heteroatoms. The minimum atomic E-state index is 0.171. The normalized spacial score (nSPS) is 12.1. The zero-order valence-electron chi connectivity index (χ0n) is 12.1. The SMILES string of the molecule is COCc1ccc(CN(C)CC(C)(C)CN)cc1. The van der Waals surface area contributed by atoms with E-state index in [0.717, 1.165) is 13.1 Å². The summed E-state index contributed by atoms with van der Waals surface area (Å²) < 4.78 is 5.10. The largest absolute Gasteiger partial charge is 0.380 e. The first-order valence-electron chi connectivity index (χ1n) is 6.42. The second-order valence-corrected chi connectivity index (χ2v) is 5.79. The van der Waals surface area contributed by atoms with E-state index in [0.29, 0.717) is 13.2 Å². The Kier molecular flexibility index (Phi) is 5.79. The van der Waals surface area contributed by atoms with E-state index in [4.69, 9.17) is 10.5 Å². The summed E-state index contributed by atoms with van der Waals surface area (Å²) in [6.45, 7) is 7.75. The second-order valence-electron chi connectivity index (χ2n) is 5.79. The van der Waals surface area contributed by atoms with Gasteiger partial charge >= 0.3 is 0 Å². The fourth-order valence-corrected chi connectivity index (χ4v) is 2.07. The van der Waals surface area contributed by atoms with Crippen molar-refractivity contribution >= 4 is 0 Å². The van der Waals surface area contributed by atoms with Gasteiger partial charge in [0.15, 0.2) is 0 Å². The van der Waals surface area contributed by atoms with E-state index in [1.165, 1.54) is 11.1 Å². The molecule has 3 nitrogen and oxygen atoms in total. The maximum absolute atomic E-state index is 5.76. The van der Waals surface area contributed by atoms with Crippen LogP contribution in [0.2, 0.25) is 0 Å². The molecule has 0 spiro atoms. The van der Waals surface area contributed by atoms with Crippen LogP contribution in [0.4, 0.5) is 0 Å². The Bertz CT molecular complexity index is 346. The highest BCUT2D eigenvalue weighted by Gasteiger charge is 2.17. The Morgan fingerprint density at radius 2 is 1.72 bits per heavy atom. The molecule has 0 aliphatic carbocycles. The predicted molar refractivity (Wildman–Crippen MR) is 76.3 cm³/mol. The summed E-state index contributed by atoms with van der Waals surface area (Å²) in [6, 6.07) is 8.59. The smallest absolute Gasteiger partial charge is 0.0713 e. The van der Waals surface area contributed by atoms with Gasteiger partial charge in [0.1, 0.15) is 0 Å². The third-order valence-corrected chi connectivity index (χ3v) is 3.04. The van der Waals surface area contributed by atoms with Gasteiger partial charge in [-0.2, -0.15) is 0 Å². The molecule has 0 radical (unpaired) electrons. The number of ether oxygens (including phenoxy) is 1. The molecule has 102 valence electrons. The summed E-state index contributed by atoms with van der Waals surface area (Å²) in [5.74, 6) is 0. The van der Waals surface area contributed by atoms with Gasteiger partial charge in [-0.15, -0.1) is 0 Å². The molecular formula is C15H26N2O. The number of hydrogen-bond donors (Lipinski definition) is 1. The first-order chi connectivity index (χ1) is 8.46. The Morgan fingerprint density at radius 3 is 2.22 bits per heavy atom. The van der Waals surface area contributed by atoms with Crippen molar-refractivity contribution in [2.45, 2.75) is 27.0 Å². The molecule has 0 aliphatic heterocycles. The number of methoxy groups -OCH3 is 1. The van der Waals surface area contributed by atoms with E-state index in [1.54, 1.807) is 7.11 Å². The second kappa shape index (κ2) is 6.88. The molecule has 0 amide bonds. The predicted octanol–water partition coefficient (Wildman–Crippen LogP) is 2.25. The molecular weight excluding hydrogens is 224 g/mol. The van der Waals surface area contributed by atoms with E-state index in [-0.39, 0.29) is 5.41 Å². The van der Waals surface area contributed by atoms with Crippen molar-refractivity contribution in [3.05, 3.63) is 35.4 Å². The summed E-state index contributed by atoms with van der Waals surface area (Å²) in [4.78, 5) is 2.32. The molecule has 0 aliphatic rings. The first-order valence-corrected chi connectivity index (χ1v) is 6.42. The molecule has 0 atom stereocenters. The quantitative estimate of drug-likeness (QED) is 0.806. The fraction of sp³-hybridized carbons (Fsp3) is 0.600. The van der Waals surface area contributed by atoms with Crippen LogP contribution in [-0.4, -0.2) is 32.1 Å². The van der Waals surface area contributed by atoms with Crippen LogP contribution in [0.5, 0.6) is 0 Å². The van der Waals surface area contributed by atoms with Gasteiger partial charge in [-0.05, 0) is 30.1 Å². The molecule has 0 saturated carbocycles. The van der Waals surface area contributed by atoms with Crippen molar-refractivity contribution in [1.29, 1.82) is 0 Å². The maximum atomic E-state index is 5.76. The summed E-state index contributed by atoms with van der Waals surface area (Å²) >= 11 is 0. The van der Waals surface area contributed by atoms with E-state index < -0.39 is 0 Å². The lowest BCUT2D eigenvalue weighted by Gasteiger charge is -2.29. The summed E-state index contributed by atoms with van der Waals surface area (Å²) in [5.41, 5.74) is 8.47. The minimum absolute atomic E-state index is 0.171. The molecule has 18 heavy (non-hydrogen) atoms. The number of nitrogens with two attached hydrogens (primary N) is 1. The zero-order valence-corrected chi connectivity index (χ0v) is 12.1. The van der Waals surface area contributed by atoms with Crippen molar-refractivity contribution in [3.8, 4) is 0 Å². The average molecular weight is 250 g/mol. The summed E-state index contributed by atoms with van der Waals surface area (Å²) in [7, 11) is 3.86. The molecule has 1 rings (SSSR count). The molecule has 0 fully saturated rings. The summed E-state index contributed by atoms with van der Waals surface area (Å²) in [6.07, 6.45) is 0. The van der Waals surface area contributed by atoms with Crippen LogP contribution in [0.3, 0.4) is 0 Å². The Morgan fingerprint density at radius 1 is 1.17 bits per heavy atom. The van der Waals surface area contributed by atoms with Crippen LogP contribution >= 0.6 is 0 Å². The van der Waals surface area contributed by atoms with Gasteiger partial charge in [-0.25, -0.2) is 0 Å². The van der Waals surface area contributed by atoms with Crippen molar-refractivity contribution in [2.75, 3.05) is 27.2 Å². The maximum Gasteiger partial charge on any atom is 0.0713 e. The lowest BCUT2D eigenvalue weighted by Crippen LogP contribution is -2.36. The van der Waals surface area contributed by atoms with Crippen LogP contribution in [0.25, 0.3) is 0 Å². The molecule has 0 saturated heterocycles. The molecule has 0 bridgehead atoms. The van der Waals surface area contributed by atoms with Gasteiger partial charge in [0, 0.05) is 20.2 Å². The van der Waals surface area contributed by atoms with E-state index in [9.17, 15) is 0 Å². The molecule has 0 aromatic heterocycles. The van der Waals surface area contributed by atoms with Crippen LogP contribution in [0.15, 0.2) is 24.3 Å². The van der Waals surface area contributed by atoms with Gasteiger partial charge in [0.25, 0.3) is 0 Å². The van der Waals surface area contributed by atoms with Crippen molar-refractivity contribution in [1.82, 2.24) is 4.90 Å². The highest BCUT2D eigenvalue weighted by molar-refractivity contribution is 5.21. The van der Waals surface area contributed by atoms with Crippen LogP contribution < -0.4 is 5.73 Å². The van der Waals surface area contributed by atoms with Crippen LogP contribution in [0.1, 0.15) is 25.0 Å². The minimum Gasteiger partial charge on any atom is -0.380 e. The van der Waals surface area contributed by atoms with Crippen LogP contribution in [0, 0.1) is 5.41 Å². The highest BCUT2D eigenvalue weighted by atomic mass is 16.5. The zero-order chi connectivity index (χ0) is 13.6. The lowest BCUT2D eigenvalue weighted by molar-refractivity contribution is 0.185. The topological polar surface area (TPSA) is 38.5 Å². The Hall–Kier alpha value is -0.900. The van der Waals surface area contributed by atoms with Crippen LogP contribution in [-0.2, 0) is 17.9 Å². The molecule has 1 aromatic rings. The highest BCUT2D eigenvalue weighted by Crippen LogP contribution is 2.16. The average Bonchev–Trinajstić information content (AvgIpc) is 2.31. The van der Waals surface area contributed by atoms with E-state index in [2.05, 4.69) is 50.1 Å². The molecule has 2 N–H and O–H groups in total. The fourth-order valence-electron chi connectivity index (χ4n) is 2.07. The van der Waals surface area contributed by atoms with Crippen molar-refractivity contribution < 1.29 is 4.74 Å². The van der Waals surface area contributed by atoms with Gasteiger partial charge in [0.2, 0.25) is 0 Å². The molecule has 1 aromatic carbocycles. The standard InChI is InChI=1S/C15H26N2O/c1-15(2,11-16)12-17(3)9-13-5-7-14(8-6-13)10-18-4/h5-8H,9-12,16H2,1-4H3. The Balaban J connectivity index is 2.51. The Labute approximate surface area is 111 Å². The first kappa shape index (κ1) is 15.2. The summed E-state index contributed by atoms with van der Waals surface area (Å²) in [5, 5.41) is 0. The number of nitrogens with zero attached hydrogens (tertiary/aromatic N) is 1. The monoisotopic (exact) mass is 250 g/mol. The van der Waals surface area contributed by atoms with Gasteiger partial charge in [-0.3, -0.25) is 0 Å². The third kappa shape index (κ3) is 5.17. The third-order valence-electron chi connectivity index (χ3n) is 3.04. The van der Waals surface area contributed by atoms with E-state index >= 15 is 0 Å². The van der Waals surface area contributed by atoms with Gasteiger partial charge in [-0.1, -0.05) is 38.1 Å². The number of hydrogen-bond acceptors (Lipinski definition) is 3. The lowest BCUT2D eigenvalue weighted by atomic mass is 9.93. The van der Waals surface area contributed by atoms with Crippen molar-refractivity contribution in [3.63, 3.8) is 0 Å². The van der Waals surface area contributed by atoms with Gasteiger partial charge < -0.3 is 15.4 Å².